The molecule has 0 aliphatic heterocycles. The number of benzene rings is 2. The molecule has 0 amide bonds. The van der Waals surface area contributed by atoms with E-state index in [0.29, 0.717) is 17.1 Å². The highest BCUT2D eigenvalue weighted by molar-refractivity contribution is 5.80. The molecule has 2 aromatic carbocycles. The lowest BCUT2D eigenvalue weighted by Gasteiger charge is -2.10. The monoisotopic (exact) mass is 356 g/mol. The van der Waals surface area contributed by atoms with Crippen LogP contribution in [0.1, 0.15) is 23.6 Å². The number of nitriles is 2. The second-order valence-corrected chi connectivity index (χ2v) is 5.84. The zero-order valence-electron chi connectivity index (χ0n) is 14.6. The Kier molecular flexibility index (Phi) is 4.92. The number of nitrogens with zero attached hydrogens (tertiary/aromatic N) is 2. The van der Waals surface area contributed by atoms with E-state index in [4.69, 9.17) is 10.5 Å². The SMILES string of the molecule is CCc1ccc(Oc2ccc(-c3c(C#N)c(N)[nH]c(=O)c3C#N)cc2)cc1. The van der Waals surface area contributed by atoms with Crippen LogP contribution in [0, 0.1) is 22.7 Å². The minimum Gasteiger partial charge on any atom is -0.457 e. The van der Waals surface area contributed by atoms with E-state index < -0.39 is 5.56 Å². The summed E-state index contributed by atoms with van der Waals surface area (Å²) in [5, 5.41) is 18.7. The smallest absolute Gasteiger partial charge is 0.268 e. The number of pyridine rings is 1. The molecule has 0 spiro atoms. The zero-order valence-corrected chi connectivity index (χ0v) is 14.6. The lowest BCUT2D eigenvalue weighted by molar-refractivity contribution is 0.482. The molecular formula is C21H16N4O2. The van der Waals surface area contributed by atoms with Gasteiger partial charge in [-0.25, -0.2) is 0 Å². The van der Waals surface area contributed by atoms with E-state index in [-0.39, 0.29) is 22.5 Å². The van der Waals surface area contributed by atoms with Crippen molar-refractivity contribution in [2.45, 2.75) is 13.3 Å². The summed E-state index contributed by atoms with van der Waals surface area (Å²) in [5.41, 5.74) is 7.01. The molecule has 3 aromatic rings. The van der Waals surface area contributed by atoms with Gasteiger partial charge in [-0.2, -0.15) is 10.5 Å². The van der Waals surface area contributed by atoms with Gasteiger partial charge in [0.1, 0.15) is 40.6 Å². The first kappa shape index (κ1) is 17.8. The molecule has 0 fully saturated rings. The van der Waals surface area contributed by atoms with E-state index >= 15 is 0 Å². The number of aromatic nitrogens is 1. The van der Waals surface area contributed by atoms with Gasteiger partial charge in [0.05, 0.1) is 0 Å². The maximum atomic E-state index is 12.0. The van der Waals surface area contributed by atoms with E-state index in [1.165, 1.54) is 5.56 Å². The molecule has 132 valence electrons. The third-order valence-corrected chi connectivity index (χ3v) is 4.18. The van der Waals surface area contributed by atoms with Crippen molar-refractivity contribution in [3.05, 3.63) is 75.6 Å². The predicted octanol–water partition coefficient (Wildman–Crippen LogP) is 3.72. The van der Waals surface area contributed by atoms with Crippen LogP contribution in [0.4, 0.5) is 5.82 Å². The van der Waals surface area contributed by atoms with Crippen LogP contribution in [-0.2, 0) is 6.42 Å². The van der Waals surface area contributed by atoms with Crippen molar-refractivity contribution in [3.8, 4) is 34.8 Å². The van der Waals surface area contributed by atoms with E-state index in [2.05, 4.69) is 11.9 Å². The molecule has 1 heterocycles. The van der Waals surface area contributed by atoms with E-state index in [0.717, 1.165) is 6.42 Å². The zero-order chi connectivity index (χ0) is 19.4. The van der Waals surface area contributed by atoms with Gasteiger partial charge in [-0.3, -0.25) is 4.79 Å². The van der Waals surface area contributed by atoms with Gasteiger partial charge in [-0.1, -0.05) is 31.2 Å². The average molecular weight is 356 g/mol. The topological polar surface area (TPSA) is 116 Å². The van der Waals surface area contributed by atoms with Gasteiger partial charge >= 0.3 is 0 Å². The number of hydrogen-bond acceptors (Lipinski definition) is 5. The fourth-order valence-corrected chi connectivity index (χ4v) is 2.75. The van der Waals surface area contributed by atoms with Crippen molar-refractivity contribution in [2.24, 2.45) is 0 Å². The first-order valence-corrected chi connectivity index (χ1v) is 8.30. The highest BCUT2D eigenvalue weighted by Crippen LogP contribution is 2.30. The summed E-state index contributed by atoms with van der Waals surface area (Å²) in [7, 11) is 0. The number of nitrogens with two attached hydrogens (primary N) is 1. The number of H-pyrrole nitrogens is 1. The molecule has 0 aliphatic carbocycles. The standard InChI is InChI=1S/C21H16N4O2/c1-2-13-3-7-15(8-4-13)27-16-9-5-14(6-10-16)19-17(11-22)20(24)25-21(26)18(19)12-23/h3-10H,2H2,1H3,(H3,24,25,26). The molecule has 0 unspecified atom stereocenters. The second-order valence-electron chi connectivity index (χ2n) is 5.84. The van der Waals surface area contributed by atoms with Gasteiger partial charge in [0.25, 0.3) is 5.56 Å². The minimum absolute atomic E-state index is 0.0622. The number of rotatable bonds is 4. The van der Waals surface area contributed by atoms with Crippen molar-refractivity contribution in [1.29, 1.82) is 10.5 Å². The highest BCUT2D eigenvalue weighted by Gasteiger charge is 2.18. The van der Waals surface area contributed by atoms with E-state index in [9.17, 15) is 15.3 Å². The lowest BCUT2D eigenvalue weighted by Crippen LogP contribution is -2.16. The number of anilines is 1. The van der Waals surface area contributed by atoms with Crippen molar-refractivity contribution >= 4 is 5.82 Å². The Balaban J connectivity index is 1.98. The Labute approximate surface area is 156 Å². The Morgan fingerprint density at radius 1 is 0.963 bits per heavy atom. The van der Waals surface area contributed by atoms with Gasteiger partial charge in [-0.05, 0) is 41.8 Å². The molecule has 0 aliphatic rings. The summed E-state index contributed by atoms with van der Waals surface area (Å²) in [4.78, 5) is 14.3. The maximum Gasteiger partial charge on any atom is 0.268 e. The fraction of sp³-hybridized carbons (Fsp3) is 0.0952. The van der Waals surface area contributed by atoms with Gasteiger partial charge < -0.3 is 15.5 Å². The van der Waals surface area contributed by atoms with Crippen LogP contribution >= 0.6 is 0 Å². The Morgan fingerprint density at radius 3 is 2.04 bits per heavy atom. The molecule has 0 saturated heterocycles. The molecular weight excluding hydrogens is 340 g/mol. The summed E-state index contributed by atoms with van der Waals surface area (Å²) in [6.07, 6.45) is 0.955. The summed E-state index contributed by atoms with van der Waals surface area (Å²) in [6.45, 7) is 2.08. The molecule has 0 atom stereocenters. The Bertz CT molecular complexity index is 1120. The maximum absolute atomic E-state index is 12.0. The summed E-state index contributed by atoms with van der Waals surface area (Å²) in [6, 6.07) is 18.4. The van der Waals surface area contributed by atoms with Crippen molar-refractivity contribution < 1.29 is 4.74 Å². The molecule has 0 radical (unpaired) electrons. The van der Waals surface area contributed by atoms with Crippen molar-refractivity contribution in [3.63, 3.8) is 0 Å². The number of hydrogen-bond donors (Lipinski definition) is 2. The fourth-order valence-electron chi connectivity index (χ4n) is 2.75. The third kappa shape index (κ3) is 3.51. The van der Waals surface area contributed by atoms with Crippen LogP contribution in [0.25, 0.3) is 11.1 Å². The van der Waals surface area contributed by atoms with E-state index in [1.54, 1.807) is 24.3 Å². The minimum atomic E-state index is -0.625. The molecule has 1 aromatic heterocycles. The van der Waals surface area contributed by atoms with Crippen molar-refractivity contribution in [2.75, 3.05) is 5.73 Å². The third-order valence-electron chi connectivity index (χ3n) is 4.18. The number of nitrogens with one attached hydrogen (secondary N) is 1. The molecule has 3 N–H and O–H groups in total. The molecule has 3 rings (SSSR count). The van der Waals surface area contributed by atoms with E-state index in [1.807, 2.05) is 36.4 Å². The van der Waals surface area contributed by atoms with Gasteiger partial charge in [0, 0.05) is 5.56 Å². The van der Waals surface area contributed by atoms with Gasteiger partial charge in [0.15, 0.2) is 0 Å². The largest absolute Gasteiger partial charge is 0.457 e. The van der Waals surface area contributed by atoms with Gasteiger partial charge in [-0.15, -0.1) is 0 Å². The van der Waals surface area contributed by atoms with Crippen molar-refractivity contribution in [1.82, 2.24) is 4.98 Å². The molecule has 0 saturated carbocycles. The van der Waals surface area contributed by atoms with Crippen LogP contribution in [0.5, 0.6) is 11.5 Å². The number of ether oxygens (including phenoxy) is 1. The molecule has 6 nitrogen and oxygen atoms in total. The Morgan fingerprint density at radius 2 is 1.52 bits per heavy atom. The first-order valence-electron chi connectivity index (χ1n) is 8.30. The second kappa shape index (κ2) is 7.47. The summed E-state index contributed by atoms with van der Waals surface area (Å²) in [5.74, 6) is 1.24. The summed E-state index contributed by atoms with van der Waals surface area (Å²) >= 11 is 0. The highest BCUT2D eigenvalue weighted by atomic mass is 16.5. The molecule has 27 heavy (non-hydrogen) atoms. The number of aryl methyl sites for hydroxylation is 1. The van der Waals surface area contributed by atoms with Crippen LogP contribution in [0.15, 0.2) is 53.3 Å². The number of nitrogen functional groups attached to an aromatic ring is 1. The normalized spacial score (nSPS) is 10.0. The average Bonchev–Trinajstić information content (AvgIpc) is 2.69. The quantitative estimate of drug-likeness (QED) is 0.739. The van der Waals surface area contributed by atoms with Crippen LogP contribution in [0.2, 0.25) is 0 Å². The van der Waals surface area contributed by atoms with Crippen LogP contribution in [0.3, 0.4) is 0 Å². The number of aromatic amines is 1. The molecule has 6 heteroatoms. The first-order chi connectivity index (χ1) is 13.1. The predicted molar refractivity (Wildman–Crippen MR) is 102 cm³/mol. The summed E-state index contributed by atoms with van der Waals surface area (Å²) < 4.78 is 5.81. The van der Waals surface area contributed by atoms with Crippen LogP contribution in [-0.4, -0.2) is 4.98 Å². The Hall–Kier alpha value is -4.03. The molecule has 0 bridgehead atoms. The lowest BCUT2D eigenvalue weighted by atomic mass is 9.96. The van der Waals surface area contributed by atoms with Crippen LogP contribution < -0.4 is 16.0 Å². The van der Waals surface area contributed by atoms with Gasteiger partial charge in [0.2, 0.25) is 0 Å².